The average Bonchev–Trinajstić information content (AvgIpc) is 2.27. The van der Waals surface area contributed by atoms with E-state index in [1.165, 1.54) is 0 Å². The van der Waals surface area contributed by atoms with Crippen LogP contribution in [0.15, 0.2) is 16.6 Å². The molecule has 0 aliphatic carbocycles. The lowest BCUT2D eigenvalue weighted by Crippen LogP contribution is -2.01. The van der Waals surface area contributed by atoms with Gasteiger partial charge in [-0.2, -0.15) is 0 Å². The molecule has 0 radical (unpaired) electrons. The second-order valence-corrected chi connectivity index (χ2v) is 3.57. The smallest absolute Gasteiger partial charge is 0.188 e. The van der Waals surface area contributed by atoms with Gasteiger partial charge in [-0.3, -0.25) is 0 Å². The van der Waals surface area contributed by atoms with Gasteiger partial charge in [0.05, 0.1) is 13.7 Å². The zero-order valence-corrected chi connectivity index (χ0v) is 10.2. The molecule has 0 amide bonds. The average molecular weight is 277 g/mol. The van der Waals surface area contributed by atoms with Gasteiger partial charge < -0.3 is 19.3 Å². The fourth-order valence-electron chi connectivity index (χ4n) is 1.16. The van der Waals surface area contributed by atoms with Crippen molar-refractivity contribution in [3.05, 3.63) is 22.2 Å². The highest BCUT2D eigenvalue weighted by Crippen LogP contribution is 2.37. The fourth-order valence-corrected chi connectivity index (χ4v) is 1.82. The van der Waals surface area contributed by atoms with Crippen LogP contribution in [-0.4, -0.2) is 26.1 Å². The van der Waals surface area contributed by atoms with Crippen LogP contribution < -0.4 is 9.47 Å². The van der Waals surface area contributed by atoms with Crippen LogP contribution in [0.5, 0.6) is 11.5 Å². The quantitative estimate of drug-likeness (QED) is 0.835. The standard InChI is InChI=1S/C10H13BrO4/c1-13-6-15-8-4-3-7(5-12)10(14-2)9(8)11/h3-4,12H,5-6H2,1-2H3. The largest absolute Gasteiger partial charge is 0.495 e. The number of rotatable bonds is 5. The van der Waals surface area contributed by atoms with Crippen LogP contribution in [-0.2, 0) is 11.3 Å². The molecule has 0 saturated carbocycles. The van der Waals surface area contributed by atoms with E-state index in [2.05, 4.69) is 15.9 Å². The van der Waals surface area contributed by atoms with Crippen molar-refractivity contribution in [2.75, 3.05) is 21.0 Å². The number of aliphatic hydroxyl groups excluding tert-OH is 1. The summed E-state index contributed by atoms with van der Waals surface area (Å²) < 4.78 is 15.9. The lowest BCUT2D eigenvalue weighted by Gasteiger charge is -2.13. The van der Waals surface area contributed by atoms with Crippen LogP contribution >= 0.6 is 15.9 Å². The number of aliphatic hydroxyl groups is 1. The lowest BCUT2D eigenvalue weighted by atomic mass is 10.2. The van der Waals surface area contributed by atoms with E-state index in [9.17, 15) is 0 Å². The normalized spacial score (nSPS) is 10.1. The molecule has 0 aliphatic rings. The van der Waals surface area contributed by atoms with Crippen molar-refractivity contribution in [2.24, 2.45) is 0 Å². The SMILES string of the molecule is COCOc1ccc(CO)c(OC)c1Br. The minimum Gasteiger partial charge on any atom is -0.495 e. The second kappa shape index (κ2) is 5.95. The molecule has 0 aromatic heterocycles. The Balaban J connectivity index is 3.00. The summed E-state index contributed by atoms with van der Waals surface area (Å²) in [5.74, 6) is 1.19. The molecule has 0 fully saturated rings. The summed E-state index contributed by atoms with van der Waals surface area (Å²) in [6.07, 6.45) is 0. The summed E-state index contributed by atoms with van der Waals surface area (Å²) in [6, 6.07) is 3.49. The van der Waals surface area contributed by atoms with E-state index >= 15 is 0 Å². The van der Waals surface area contributed by atoms with E-state index in [1.54, 1.807) is 26.4 Å². The van der Waals surface area contributed by atoms with Crippen molar-refractivity contribution in [2.45, 2.75) is 6.61 Å². The van der Waals surface area contributed by atoms with Gasteiger partial charge in [0.25, 0.3) is 0 Å². The molecule has 0 saturated heterocycles. The zero-order valence-electron chi connectivity index (χ0n) is 8.62. The number of methoxy groups -OCH3 is 2. The van der Waals surface area contributed by atoms with Crippen LogP contribution in [0.25, 0.3) is 0 Å². The fraction of sp³-hybridized carbons (Fsp3) is 0.400. The molecule has 0 bridgehead atoms. The topological polar surface area (TPSA) is 47.9 Å². The van der Waals surface area contributed by atoms with Crippen molar-refractivity contribution in [3.63, 3.8) is 0 Å². The summed E-state index contributed by atoms with van der Waals surface area (Å²) in [5.41, 5.74) is 0.703. The highest BCUT2D eigenvalue weighted by atomic mass is 79.9. The molecule has 15 heavy (non-hydrogen) atoms. The van der Waals surface area contributed by atoms with Crippen LogP contribution in [0.1, 0.15) is 5.56 Å². The monoisotopic (exact) mass is 276 g/mol. The summed E-state index contributed by atoms with van der Waals surface area (Å²) >= 11 is 3.35. The zero-order chi connectivity index (χ0) is 11.3. The van der Waals surface area contributed by atoms with Crippen molar-refractivity contribution >= 4 is 15.9 Å². The number of ether oxygens (including phenoxy) is 3. The van der Waals surface area contributed by atoms with E-state index in [-0.39, 0.29) is 13.4 Å². The second-order valence-electron chi connectivity index (χ2n) is 2.78. The molecule has 84 valence electrons. The van der Waals surface area contributed by atoms with Gasteiger partial charge in [0.15, 0.2) is 6.79 Å². The minimum atomic E-state index is -0.0771. The maximum Gasteiger partial charge on any atom is 0.188 e. The molecule has 0 unspecified atom stereocenters. The maximum atomic E-state index is 9.07. The third-order valence-corrected chi connectivity index (χ3v) is 2.60. The van der Waals surface area contributed by atoms with Crippen LogP contribution in [0.3, 0.4) is 0 Å². The van der Waals surface area contributed by atoms with E-state index in [4.69, 9.17) is 19.3 Å². The molecular formula is C10H13BrO4. The first-order chi connectivity index (χ1) is 7.24. The van der Waals surface area contributed by atoms with E-state index < -0.39 is 0 Å². The first-order valence-corrected chi connectivity index (χ1v) is 5.11. The van der Waals surface area contributed by atoms with Gasteiger partial charge in [0.2, 0.25) is 0 Å². The van der Waals surface area contributed by atoms with Crippen molar-refractivity contribution in [1.82, 2.24) is 0 Å². The van der Waals surface area contributed by atoms with E-state index in [0.29, 0.717) is 21.5 Å². The molecule has 5 heteroatoms. The third kappa shape index (κ3) is 2.84. The van der Waals surface area contributed by atoms with Gasteiger partial charge in [-0.15, -0.1) is 0 Å². The molecule has 0 heterocycles. The first kappa shape index (κ1) is 12.3. The summed E-state index contributed by atoms with van der Waals surface area (Å²) in [5, 5.41) is 9.07. The molecule has 0 spiro atoms. The Morgan fingerprint density at radius 3 is 2.60 bits per heavy atom. The predicted molar refractivity (Wildman–Crippen MR) is 59.1 cm³/mol. The Bertz CT molecular complexity index is 327. The lowest BCUT2D eigenvalue weighted by molar-refractivity contribution is 0.0503. The van der Waals surface area contributed by atoms with Crippen LogP contribution in [0, 0.1) is 0 Å². The minimum absolute atomic E-state index is 0.0771. The van der Waals surface area contributed by atoms with Gasteiger partial charge >= 0.3 is 0 Å². The van der Waals surface area contributed by atoms with Crippen molar-refractivity contribution in [3.8, 4) is 11.5 Å². The van der Waals surface area contributed by atoms with Crippen LogP contribution in [0.2, 0.25) is 0 Å². The van der Waals surface area contributed by atoms with E-state index in [0.717, 1.165) is 0 Å². The van der Waals surface area contributed by atoms with Gasteiger partial charge in [0, 0.05) is 12.7 Å². The first-order valence-electron chi connectivity index (χ1n) is 4.32. The Labute approximate surface area is 96.9 Å². The number of hydrogen-bond donors (Lipinski definition) is 1. The van der Waals surface area contributed by atoms with E-state index in [1.807, 2.05) is 0 Å². The molecule has 1 rings (SSSR count). The summed E-state index contributed by atoms with van der Waals surface area (Å²) in [4.78, 5) is 0. The van der Waals surface area contributed by atoms with Gasteiger partial charge in [0.1, 0.15) is 16.0 Å². The summed E-state index contributed by atoms with van der Waals surface area (Å²) in [7, 11) is 3.09. The molecule has 0 atom stereocenters. The Morgan fingerprint density at radius 2 is 2.07 bits per heavy atom. The highest BCUT2D eigenvalue weighted by molar-refractivity contribution is 9.10. The van der Waals surface area contributed by atoms with Crippen LogP contribution in [0.4, 0.5) is 0 Å². The number of hydrogen-bond acceptors (Lipinski definition) is 4. The predicted octanol–water partition coefficient (Wildman–Crippen LogP) is 1.93. The molecule has 1 aromatic rings. The Morgan fingerprint density at radius 1 is 1.33 bits per heavy atom. The molecular weight excluding hydrogens is 264 g/mol. The molecule has 4 nitrogen and oxygen atoms in total. The number of benzene rings is 1. The highest BCUT2D eigenvalue weighted by Gasteiger charge is 2.12. The van der Waals surface area contributed by atoms with Crippen molar-refractivity contribution < 1.29 is 19.3 Å². The van der Waals surface area contributed by atoms with Gasteiger partial charge in [-0.05, 0) is 28.1 Å². The van der Waals surface area contributed by atoms with Gasteiger partial charge in [-0.25, -0.2) is 0 Å². The maximum absolute atomic E-state index is 9.07. The van der Waals surface area contributed by atoms with Gasteiger partial charge in [-0.1, -0.05) is 0 Å². The molecule has 0 aliphatic heterocycles. The Kier molecular flexibility index (Phi) is 4.87. The number of halogens is 1. The molecule has 1 N–H and O–H groups in total. The third-order valence-electron chi connectivity index (χ3n) is 1.85. The molecule has 1 aromatic carbocycles. The van der Waals surface area contributed by atoms with Crippen molar-refractivity contribution in [1.29, 1.82) is 0 Å². The Hall–Kier alpha value is -0.780. The summed E-state index contributed by atoms with van der Waals surface area (Å²) in [6.45, 7) is 0.0898.